The summed E-state index contributed by atoms with van der Waals surface area (Å²) in [5.41, 5.74) is 0. The molecule has 0 spiro atoms. The Kier molecular flexibility index (Phi) is 3.48. The van der Waals surface area contributed by atoms with Crippen LogP contribution in [0.15, 0.2) is 6.20 Å². The standard InChI is InChI=1S/C7H13N3S/c1-8-3-6-4-10-7(11-6)5-9-2/h4,8-9H,3,5H2,1-2H3. The van der Waals surface area contributed by atoms with Gasteiger partial charge >= 0.3 is 0 Å². The van der Waals surface area contributed by atoms with Crippen LogP contribution in [0.2, 0.25) is 0 Å². The monoisotopic (exact) mass is 171 g/mol. The Morgan fingerprint density at radius 3 is 2.73 bits per heavy atom. The second-order valence-electron chi connectivity index (χ2n) is 2.28. The summed E-state index contributed by atoms with van der Waals surface area (Å²) in [6.07, 6.45) is 1.92. The largest absolute Gasteiger partial charge is 0.315 e. The van der Waals surface area contributed by atoms with E-state index in [1.54, 1.807) is 11.3 Å². The third-order valence-corrected chi connectivity index (χ3v) is 2.28. The molecule has 0 unspecified atom stereocenters. The van der Waals surface area contributed by atoms with Crippen LogP contribution in [0.25, 0.3) is 0 Å². The molecule has 0 aliphatic heterocycles. The van der Waals surface area contributed by atoms with E-state index in [4.69, 9.17) is 0 Å². The van der Waals surface area contributed by atoms with Crippen molar-refractivity contribution in [3.63, 3.8) is 0 Å². The molecule has 0 radical (unpaired) electrons. The molecular formula is C7H13N3S. The maximum absolute atomic E-state index is 4.24. The molecule has 11 heavy (non-hydrogen) atoms. The van der Waals surface area contributed by atoms with E-state index >= 15 is 0 Å². The predicted molar refractivity (Wildman–Crippen MR) is 47.6 cm³/mol. The van der Waals surface area contributed by atoms with Crippen LogP contribution in [0, 0.1) is 0 Å². The normalized spacial score (nSPS) is 10.4. The third-order valence-electron chi connectivity index (χ3n) is 1.28. The van der Waals surface area contributed by atoms with Gasteiger partial charge in [-0.1, -0.05) is 0 Å². The Morgan fingerprint density at radius 1 is 1.36 bits per heavy atom. The summed E-state index contributed by atoms with van der Waals surface area (Å²) in [5.74, 6) is 0. The summed E-state index contributed by atoms with van der Waals surface area (Å²) in [5, 5.41) is 7.31. The maximum Gasteiger partial charge on any atom is 0.107 e. The summed E-state index contributed by atoms with van der Waals surface area (Å²) in [6.45, 7) is 1.79. The average molecular weight is 171 g/mol. The van der Waals surface area contributed by atoms with E-state index in [0.29, 0.717) is 0 Å². The molecule has 0 aliphatic rings. The minimum absolute atomic E-state index is 0.869. The average Bonchev–Trinajstić information content (AvgIpc) is 2.38. The molecule has 4 heteroatoms. The molecule has 0 aliphatic carbocycles. The first-order valence-electron chi connectivity index (χ1n) is 3.59. The third kappa shape index (κ3) is 2.57. The van der Waals surface area contributed by atoms with E-state index < -0.39 is 0 Å². The quantitative estimate of drug-likeness (QED) is 0.696. The molecule has 62 valence electrons. The topological polar surface area (TPSA) is 37.0 Å². The molecule has 1 heterocycles. The fourth-order valence-corrected chi connectivity index (χ4v) is 1.78. The SMILES string of the molecule is CNCc1cnc(CNC)s1. The first-order valence-corrected chi connectivity index (χ1v) is 4.41. The Bertz CT molecular complexity index is 189. The molecule has 0 aromatic carbocycles. The van der Waals surface area contributed by atoms with Crippen molar-refractivity contribution < 1.29 is 0 Å². The highest BCUT2D eigenvalue weighted by atomic mass is 32.1. The van der Waals surface area contributed by atoms with Crippen LogP contribution < -0.4 is 10.6 Å². The van der Waals surface area contributed by atoms with Gasteiger partial charge in [-0.15, -0.1) is 11.3 Å². The van der Waals surface area contributed by atoms with Gasteiger partial charge in [0.2, 0.25) is 0 Å². The van der Waals surface area contributed by atoms with Crippen molar-refractivity contribution >= 4 is 11.3 Å². The van der Waals surface area contributed by atoms with Crippen LogP contribution in [0.4, 0.5) is 0 Å². The van der Waals surface area contributed by atoms with Gasteiger partial charge in [-0.3, -0.25) is 0 Å². The number of hydrogen-bond acceptors (Lipinski definition) is 4. The minimum Gasteiger partial charge on any atom is -0.315 e. The molecule has 0 bridgehead atoms. The van der Waals surface area contributed by atoms with E-state index in [9.17, 15) is 0 Å². The highest BCUT2D eigenvalue weighted by molar-refractivity contribution is 7.11. The van der Waals surface area contributed by atoms with E-state index in [1.807, 2.05) is 20.3 Å². The highest BCUT2D eigenvalue weighted by Gasteiger charge is 1.98. The first kappa shape index (κ1) is 8.64. The summed E-state index contributed by atoms with van der Waals surface area (Å²) in [6, 6.07) is 0. The molecule has 0 saturated heterocycles. The lowest BCUT2D eigenvalue weighted by Crippen LogP contribution is -2.04. The molecule has 2 N–H and O–H groups in total. The summed E-state index contributed by atoms with van der Waals surface area (Å²) in [4.78, 5) is 5.53. The minimum atomic E-state index is 0.869. The van der Waals surface area contributed by atoms with Crippen LogP contribution in [-0.4, -0.2) is 19.1 Å². The summed E-state index contributed by atoms with van der Waals surface area (Å²) < 4.78 is 0. The second kappa shape index (κ2) is 4.43. The smallest absolute Gasteiger partial charge is 0.107 e. The number of thiazole rings is 1. The maximum atomic E-state index is 4.24. The van der Waals surface area contributed by atoms with Crippen LogP contribution in [0.1, 0.15) is 9.88 Å². The van der Waals surface area contributed by atoms with Crippen molar-refractivity contribution in [2.24, 2.45) is 0 Å². The van der Waals surface area contributed by atoms with Gasteiger partial charge in [0.15, 0.2) is 0 Å². The number of rotatable bonds is 4. The lowest BCUT2D eigenvalue weighted by Gasteiger charge is -1.91. The Balaban J connectivity index is 2.51. The van der Waals surface area contributed by atoms with Crippen molar-refractivity contribution in [1.29, 1.82) is 0 Å². The van der Waals surface area contributed by atoms with E-state index in [-0.39, 0.29) is 0 Å². The van der Waals surface area contributed by atoms with E-state index in [1.165, 1.54) is 4.88 Å². The molecule has 1 rings (SSSR count). The van der Waals surface area contributed by atoms with Crippen LogP contribution in [0.3, 0.4) is 0 Å². The molecule has 3 nitrogen and oxygen atoms in total. The molecule has 0 fully saturated rings. The second-order valence-corrected chi connectivity index (χ2v) is 3.48. The van der Waals surface area contributed by atoms with Crippen molar-refractivity contribution in [3.8, 4) is 0 Å². The number of hydrogen-bond donors (Lipinski definition) is 2. The number of aromatic nitrogens is 1. The Labute approximate surface area is 70.9 Å². The zero-order valence-corrected chi connectivity index (χ0v) is 7.66. The van der Waals surface area contributed by atoms with Gasteiger partial charge in [-0.2, -0.15) is 0 Å². The molecule has 1 aromatic rings. The molecular weight excluding hydrogens is 158 g/mol. The van der Waals surface area contributed by atoms with Gasteiger partial charge in [0, 0.05) is 24.2 Å². The van der Waals surface area contributed by atoms with Crippen molar-refractivity contribution in [2.75, 3.05) is 14.1 Å². The van der Waals surface area contributed by atoms with Gasteiger partial charge < -0.3 is 10.6 Å². The lowest BCUT2D eigenvalue weighted by molar-refractivity contribution is 0.808. The zero-order valence-electron chi connectivity index (χ0n) is 6.85. The van der Waals surface area contributed by atoms with Gasteiger partial charge in [0.25, 0.3) is 0 Å². The molecule has 1 aromatic heterocycles. The van der Waals surface area contributed by atoms with Crippen LogP contribution >= 0.6 is 11.3 Å². The van der Waals surface area contributed by atoms with Crippen molar-refractivity contribution in [1.82, 2.24) is 15.6 Å². The molecule has 0 amide bonds. The van der Waals surface area contributed by atoms with Gasteiger partial charge in [-0.25, -0.2) is 4.98 Å². The lowest BCUT2D eigenvalue weighted by atomic mass is 10.5. The van der Waals surface area contributed by atoms with E-state index in [2.05, 4.69) is 15.6 Å². The van der Waals surface area contributed by atoms with Crippen molar-refractivity contribution in [2.45, 2.75) is 13.1 Å². The van der Waals surface area contributed by atoms with Gasteiger partial charge in [0.1, 0.15) is 5.01 Å². The zero-order chi connectivity index (χ0) is 8.10. The molecule has 0 atom stereocenters. The molecule has 0 saturated carbocycles. The van der Waals surface area contributed by atoms with Crippen LogP contribution in [-0.2, 0) is 13.1 Å². The Hall–Kier alpha value is -0.450. The first-order chi connectivity index (χ1) is 5.36. The van der Waals surface area contributed by atoms with Crippen LogP contribution in [0.5, 0.6) is 0 Å². The fourth-order valence-electron chi connectivity index (χ4n) is 0.837. The van der Waals surface area contributed by atoms with E-state index in [0.717, 1.165) is 18.1 Å². The van der Waals surface area contributed by atoms with Gasteiger partial charge in [-0.05, 0) is 14.1 Å². The predicted octanol–water partition coefficient (Wildman–Crippen LogP) is 0.582. The summed E-state index contributed by atoms with van der Waals surface area (Å²) >= 11 is 1.75. The van der Waals surface area contributed by atoms with Crippen molar-refractivity contribution in [3.05, 3.63) is 16.1 Å². The number of nitrogens with zero attached hydrogens (tertiary/aromatic N) is 1. The summed E-state index contributed by atoms with van der Waals surface area (Å²) in [7, 11) is 3.87. The number of nitrogens with one attached hydrogen (secondary N) is 2. The fraction of sp³-hybridized carbons (Fsp3) is 0.571. The Morgan fingerprint density at radius 2 is 2.09 bits per heavy atom. The van der Waals surface area contributed by atoms with Gasteiger partial charge in [0.05, 0.1) is 0 Å². The highest BCUT2D eigenvalue weighted by Crippen LogP contribution is 2.11.